The summed E-state index contributed by atoms with van der Waals surface area (Å²) in [5.41, 5.74) is 2.10. The van der Waals surface area contributed by atoms with Crippen LogP contribution in [-0.2, 0) is 16.1 Å². The van der Waals surface area contributed by atoms with Gasteiger partial charge in [0.05, 0.1) is 24.2 Å². The van der Waals surface area contributed by atoms with E-state index >= 15 is 0 Å². The van der Waals surface area contributed by atoms with Gasteiger partial charge < -0.3 is 19.9 Å². The van der Waals surface area contributed by atoms with Crippen LogP contribution in [0.4, 0.5) is 0 Å². The minimum Gasteiger partial charge on any atom is -0.378 e. The smallest absolute Gasteiger partial charge is 0.221 e. The molecule has 0 aliphatic carbocycles. The first kappa shape index (κ1) is 20.7. The number of ether oxygens (including phenoxy) is 1. The van der Waals surface area contributed by atoms with Crippen molar-refractivity contribution in [3.8, 4) is 0 Å². The molecule has 8 heteroatoms. The summed E-state index contributed by atoms with van der Waals surface area (Å²) in [7, 11) is 0. The van der Waals surface area contributed by atoms with E-state index in [9.17, 15) is 4.79 Å². The van der Waals surface area contributed by atoms with Crippen LogP contribution in [0.5, 0.6) is 0 Å². The average Bonchev–Trinajstić information content (AvgIpc) is 2.84. The van der Waals surface area contributed by atoms with E-state index in [0.717, 1.165) is 36.6 Å². The van der Waals surface area contributed by atoms with Gasteiger partial charge in [0, 0.05) is 32.1 Å². The number of carbonyl (C=O) groups excluding carboxylic acids is 1. The van der Waals surface area contributed by atoms with Crippen LogP contribution >= 0.6 is 24.8 Å². The highest BCUT2D eigenvalue weighted by Gasteiger charge is 2.16. The van der Waals surface area contributed by atoms with E-state index < -0.39 is 0 Å². The van der Waals surface area contributed by atoms with Crippen LogP contribution in [0.1, 0.15) is 12.2 Å². The number of amides is 1. The molecule has 1 aliphatic rings. The topological polar surface area (TPSA) is 68.2 Å². The molecular weight excluding hydrogens is 351 g/mol. The number of hydrogen-bond donors (Lipinski definition) is 2. The van der Waals surface area contributed by atoms with Gasteiger partial charge in [0.2, 0.25) is 5.91 Å². The van der Waals surface area contributed by atoms with Crippen LogP contribution in [0.25, 0.3) is 11.0 Å². The molecule has 24 heavy (non-hydrogen) atoms. The first-order chi connectivity index (χ1) is 10.7. The SMILES string of the molecule is Cc1nc2ccccc2n1CCNC(=O)CC1COCCN1.Cl.Cl. The minimum atomic E-state index is 0. The fourth-order valence-electron chi connectivity index (χ4n) is 2.83. The van der Waals surface area contributed by atoms with Crippen molar-refractivity contribution >= 4 is 41.8 Å². The second-order valence-corrected chi connectivity index (χ2v) is 5.58. The highest BCUT2D eigenvalue weighted by molar-refractivity contribution is 5.85. The maximum Gasteiger partial charge on any atom is 0.221 e. The standard InChI is InChI=1S/C16H22N4O2.2ClH/c1-12-19-14-4-2-3-5-15(14)20(12)8-6-18-16(21)10-13-11-22-9-7-17-13;;/h2-5,13,17H,6-11H2,1H3,(H,18,21);2*1H. The van der Waals surface area contributed by atoms with E-state index in [1.807, 2.05) is 25.1 Å². The van der Waals surface area contributed by atoms with Crippen molar-refractivity contribution in [3.05, 3.63) is 30.1 Å². The molecule has 6 nitrogen and oxygen atoms in total. The molecule has 1 aliphatic heterocycles. The van der Waals surface area contributed by atoms with Gasteiger partial charge in [-0.05, 0) is 19.1 Å². The van der Waals surface area contributed by atoms with E-state index in [1.165, 1.54) is 0 Å². The first-order valence-corrected chi connectivity index (χ1v) is 7.74. The summed E-state index contributed by atoms with van der Waals surface area (Å²) in [5, 5.41) is 6.26. The number of fused-ring (bicyclic) bond motifs is 1. The third-order valence-corrected chi connectivity index (χ3v) is 3.93. The lowest BCUT2D eigenvalue weighted by Gasteiger charge is -2.23. The number of imidazole rings is 1. The quantitative estimate of drug-likeness (QED) is 0.835. The van der Waals surface area contributed by atoms with Crippen LogP contribution in [0.3, 0.4) is 0 Å². The number of nitrogens with one attached hydrogen (secondary N) is 2. The largest absolute Gasteiger partial charge is 0.378 e. The second-order valence-electron chi connectivity index (χ2n) is 5.58. The Bertz CT molecular complexity index is 657. The summed E-state index contributed by atoms with van der Waals surface area (Å²) in [6, 6.07) is 8.18. The van der Waals surface area contributed by atoms with Crippen LogP contribution in [0.2, 0.25) is 0 Å². The Hall–Kier alpha value is -1.34. The molecule has 0 radical (unpaired) electrons. The first-order valence-electron chi connectivity index (χ1n) is 7.74. The van der Waals surface area contributed by atoms with Gasteiger partial charge in [-0.3, -0.25) is 4.79 Å². The molecule has 2 aromatic rings. The van der Waals surface area contributed by atoms with Crippen LogP contribution in [0.15, 0.2) is 24.3 Å². The van der Waals surface area contributed by atoms with Crippen molar-refractivity contribution in [1.29, 1.82) is 0 Å². The molecule has 2 N–H and O–H groups in total. The summed E-state index contributed by atoms with van der Waals surface area (Å²) >= 11 is 0. The molecule has 134 valence electrons. The van der Waals surface area contributed by atoms with Gasteiger partial charge >= 0.3 is 0 Å². The number of nitrogens with zero attached hydrogens (tertiary/aromatic N) is 2. The average molecular weight is 375 g/mol. The number of aryl methyl sites for hydroxylation is 1. The number of aromatic nitrogens is 2. The summed E-state index contributed by atoms with van der Waals surface area (Å²) in [5.74, 6) is 1.03. The van der Waals surface area contributed by atoms with E-state index in [2.05, 4.69) is 26.3 Å². The molecule has 0 saturated carbocycles. The van der Waals surface area contributed by atoms with E-state index in [1.54, 1.807) is 0 Å². The zero-order chi connectivity index (χ0) is 15.4. The molecule has 2 heterocycles. The number of carbonyl (C=O) groups is 1. The van der Waals surface area contributed by atoms with Crippen LogP contribution in [0, 0.1) is 6.92 Å². The van der Waals surface area contributed by atoms with Crippen molar-refractivity contribution in [2.24, 2.45) is 0 Å². The van der Waals surface area contributed by atoms with Gasteiger partial charge in [0.1, 0.15) is 5.82 Å². The zero-order valence-electron chi connectivity index (χ0n) is 13.7. The van der Waals surface area contributed by atoms with Gasteiger partial charge in [-0.15, -0.1) is 24.8 Å². The number of rotatable bonds is 5. The molecule has 1 amide bonds. The Labute approximate surface area is 154 Å². The Morgan fingerprint density at radius 3 is 2.96 bits per heavy atom. The molecule has 3 rings (SSSR count). The van der Waals surface area contributed by atoms with E-state index in [4.69, 9.17) is 4.74 Å². The predicted molar refractivity (Wildman–Crippen MR) is 99.2 cm³/mol. The normalized spacial score (nSPS) is 17.0. The number of benzene rings is 1. The fourth-order valence-corrected chi connectivity index (χ4v) is 2.83. The van der Waals surface area contributed by atoms with Crippen molar-refractivity contribution < 1.29 is 9.53 Å². The Morgan fingerprint density at radius 1 is 1.42 bits per heavy atom. The van der Waals surface area contributed by atoms with Crippen molar-refractivity contribution in [1.82, 2.24) is 20.2 Å². The van der Waals surface area contributed by atoms with Crippen LogP contribution in [-0.4, -0.2) is 47.8 Å². The lowest BCUT2D eigenvalue weighted by Crippen LogP contribution is -2.44. The summed E-state index contributed by atoms with van der Waals surface area (Å²) in [6.45, 7) is 5.48. The molecular formula is C16H24Cl2N4O2. The maximum absolute atomic E-state index is 12.0. The molecule has 1 aromatic heterocycles. The van der Waals surface area contributed by atoms with Crippen molar-refractivity contribution in [3.63, 3.8) is 0 Å². The number of halogens is 2. The Balaban J connectivity index is 0.00000144. The van der Waals surface area contributed by atoms with Gasteiger partial charge in [0.25, 0.3) is 0 Å². The van der Waals surface area contributed by atoms with Crippen molar-refractivity contribution in [2.75, 3.05) is 26.3 Å². The summed E-state index contributed by atoms with van der Waals surface area (Å²) in [4.78, 5) is 16.5. The van der Waals surface area contributed by atoms with Crippen LogP contribution < -0.4 is 10.6 Å². The minimum absolute atomic E-state index is 0. The zero-order valence-corrected chi connectivity index (χ0v) is 15.3. The third kappa shape index (κ3) is 5.08. The molecule has 1 unspecified atom stereocenters. The number of hydrogen-bond acceptors (Lipinski definition) is 4. The molecule has 0 spiro atoms. The van der Waals surface area contributed by atoms with E-state index in [0.29, 0.717) is 19.6 Å². The van der Waals surface area contributed by atoms with Gasteiger partial charge in [-0.25, -0.2) is 4.98 Å². The third-order valence-electron chi connectivity index (χ3n) is 3.93. The van der Waals surface area contributed by atoms with Crippen molar-refractivity contribution in [2.45, 2.75) is 25.9 Å². The van der Waals surface area contributed by atoms with Gasteiger partial charge in [-0.1, -0.05) is 12.1 Å². The molecule has 0 bridgehead atoms. The number of morpholine rings is 1. The molecule has 1 fully saturated rings. The van der Waals surface area contributed by atoms with E-state index in [-0.39, 0.29) is 36.8 Å². The number of para-hydroxylation sites is 2. The molecule has 1 atom stereocenters. The highest BCUT2D eigenvalue weighted by Crippen LogP contribution is 2.14. The second kappa shape index (κ2) is 9.84. The Kier molecular flexibility index (Phi) is 8.48. The highest BCUT2D eigenvalue weighted by atomic mass is 35.5. The fraction of sp³-hybridized carbons (Fsp3) is 0.500. The molecule has 1 saturated heterocycles. The maximum atomic E-state index is 12.0. The monoisotopic (exact) mass is 374 g/mol. The van der Waals surface area contributed by atoms with Gasteiger partial charge in [0.15, 0.2) is 0 Å². The Morgan fingerprint density at radius 2 is 2.21 bits per heavy atom. The predicted octanol–water partition coefficient (Wildman–Crippen LogP) is 1.68. The lowest BCUT2D eigenvalue weighted by molar-refractivity contribution is -0.122. The summed E-state index contributed by atoms with van der Waals surface area (Å²) in [6.07, 6.45) is 0.462. The lowest BCUT2D eigenvalue weighted by atomic mass is 10.2. The molecule has 1 aromatic carbocycles. The van der Waals surface area contributed by atoms with Gasteiger partial charge in [-0.2, -0.15) is 0 Å². The summed E-state index contributed by atoms with van der Waals surface area (Å²) < 4.78 is 7.49.